The van der Waals surface area contributed by atoms with Crippen molar-refractivity contribution < 1.29 is 14.3 Å². The molecular formula is C20H24N4O3. The first-order valence-electron chi connectivity index (χ1n) is 9.39. The summed E-state index contributed by atoms with van der Waals surface area (Å²) in [6, 6.07) is 7.32. The van der Waals surface area contributed by atoms with Gasteiger partial charge in [-0.25, -0.2) is 4.68 Å². The van der Waals surface area contributed by atoms with Gasteiger partial charge in [0.1, 0.15) is 11.6 Å². The van der Waals surface area contributed by atoms with E-state index in [-0.39, 0.29) is 23.5 Å². The molecule has 2 fully saturated rings. The van der Waals surface area contributed by atoms with E-state index in [1.54, 1.807) is 11.8 Å². The van der Waals surface area contributed by atoms with E-state index in [0.717, 1.165) is 43.7 Å². The van der Waals surface area contributed by atoms with E-state index in [4.69, 9.17) is 10.5 Å². The van der Waals surface area contributed by atoms with E-state index in [1.807, 2.05) is 29.2 Å². The number of rotatable bonds is 5. The standard InChI is InChI=1S/C20H24N4O3/c1-27-16-8-6-15(7-9-16)24-19(21)17(11-22-24)18(25)14-3-2-10-23(12-14)20(26)13-4-5-13/h6-9,11,13-14H,2-5,10,12,21H2,1H3. The second-order valence-corrected chi connectivity index (χ2v) is 7.32. The zero-order chi connectivity index (χ0) is 19.0. The maximum atomic E-state index is 13.0. The highest BCUT2D eigenvalue weighted by Gasteiger charge is 2.37. The maximum Gasteiger partial charge on any atom is 0.225 e. The Bertz CT molecular complexity index is 855. The van der Waals surface area contributed by atoms with Crippen molar-refractivity contribution in [1.29, 1.82) is 0 Å². The first kappa shape index (κ1) is 17.6. The van der Waals surface area contributed by atoms with Gasteiger partial charge in [0, 0.05) is 24.9 Å². The van der Waals surface area contributed by atoms with Crippen LogP contribution in [0, 0.1) is 11.8 Å². The van der Waals surface area contributed by atoms with Crippen LogP contribution in [-0.4, -0.2) is 46.6 Å². The molecular weight excluding hydrogens is 344 g/mol. The van der Waals surface area contributed by atoms with Crippen molar-refractivity contribution in [3.05, 3.63) is 36.0 Å². The van der Waals surface area contributed by atoms with Crippen molar-refractivity contribution in [1.82, 2.24) is 14.7 Å². The Morgan fingerprint density at radius 1 is 1.15 bits per heavy atom. The fourth-order valence-corrected chi connectivity index (χ4v) is 3.68. The number of hydrogen-bond acceptors (Lipinski definition) is 5. The van der Waals surface area contributed by atoms with Gasteiger partial charge in [-0.1, -0.05) is 0 Å². The molecule has 1 aromatic carbocycles. The number of ether oxygens (including phenoxy) is 1. The minimum Gasteiger partial charge on any atom is -0.497 e. The predicted molar refractivity (Wildman–Crippen MR) is 101 cm³/mol. The molecule has 1 aliphatic heterocycles. The first-order chi connectivity index (χ1) is 13.1. The third kappa shape index (κ3) is 3.41. The van der Waals surface area contributed by atoms with Gasteiger partial charge in [0.2, 0.25) is 5.91 Å². The maximum absolute atomic E-state index is 13.0. The lowest BCUT2D eigenvalue weighted by Gasteiger charge is -2.32. The van der Waals surface area contributed by atoms with Crippen molar-refractivity contribution in [2.45, 2.75) is 25.7 Å². The van der Waals surface area contributed by atoms with Crippen LogP contribution in [0.3, 0.4) is 0 Å². The average molecular weight is 368 g/mol. The number of aromatic nitrogens is 2. The molecule has 2 heterocycles. The van der Waals surface area contributed by atoms with E-state index in [1.165, 1.54) is 6.20 Å². The summed E-state index contributed by atoms with van der Waals surface area (Å²) >= 11 is 0. The summed E-state index contributed by atoms with van der Waals surface area (Å²) in [5.74, 6) is 1.22. The molecule has 27 heavy (non-hydrogen) atoms. The van der Waals surface area contributed by atoms with Gasteiger partial charge in [-0.05, 0) is 49.9 Å². The van der Waals surface area contributed by atoms with Crippen molar-refractivity contribution >= 4 is 17.5 Å². The van der Waals surface area contributed by atoms with Crippen LogP contribution in [0.25, 0.3) is 5.69 Å². The minimum absolute atomic E-state index is 0.0273. The molecule has 1 saturated heterocycles. The Morgan fingerprint density at radius 3 is 2.56 bits per heavy atom. The second kappa shape index (κ2) is 7.06. The number of benzene rings is 1. The molecule has 0 bridgehead atoms. The Hall–Kier alpha value is -2.83. The van der Waals surface area contributed by atoms with Gasteiger partial charge in [0.15, 0.2) is 5.78 Å². The molecule has 142 valence electrons. The third-order valence-electron chi connectivity index (χ3n) is 5.42. The molecule has 0 radical (unpaired) electrons. The van der Waals surface area contributed by atoms with Gasteiger partial charge < -0.3 is 15.4 Å². The summed E-state index contributed by atoms with van der Waals surface area (Å²) in [4.78, 5) is 27.2. The molecule has 2 N–H and O–H groups in total. The smallest absolute Gasteiger partial charge is 0.225 e. The number of piperidine rings is 1. The summed E-state index contributed by atoms with van der Waals surface area (Å²) in [6.45, 7) is 1.24. The van der Waals surface area contributed by atoms with Gasteiger partial charge in [-0.3, -0.25) is 9.59 Å². The molecule has 4 rings (SSSR count). The van der Waals surface area contributed by atoms with Gasteiger partial charge in [-0.2, -0.15) is 5.10 Å². The lowest BCUT2D eigenvalue weighted by Crippen LogP contribution is -2.43. The van der Waals surface area contributed by atoms with Crippen molar-refractivity contribution in [2.75, 3.05) is 25.9 Å². The van der Waals surface area contributed by atoms with Crippen LogP contribution in [0.5, 0.6) is 5.75 Å². The summed E-state index contributed by atoms with van der Waals surface area (Å²) in [7, 11) is 1.61. The molecule has 1 atom stereocenters. The second-order valence-electron chi connectivity index (χ2n) is 7.32. The molecule has 2 aromatic rings. The number of anilines is 1. The van der Waals surface area contributed by atoms with Crippen LogP contribution in [0.1, 0.15) is 36.0 Å². The summed E-state index contributed by atoms with van der Waals surface area (Å²) in [5, 5.41) is 4.30. The van der Waals surface area contributed by atoms with E-state index in [2.05, 4.69) is 5.10 Å². The summed E-state index contributed by atoms with van der Waals surface area (Å²) < 4.78 is 6.72. The van der Waals surface area contributed by atoms with Crippen LogP contribution in [0.15, 0.2) is 30.5 Å². The van der Waals surface area contributed by atoms with E-state index in [0.29, 0.717) is 17.9 Å². The van der Waals surface area contributed by atoms with Crippen LogP contribution in [0.4, 0.5) is 5.82 Å². The Kier molecular flexibility index (Phi) is 4.59. The number of ketones is 1. The highest BCUT2D eigenvalue weighted by molar-refractivity contribution is 6.02. The predicted octanol–water partition coefficient (Wildman–Crippen LogP) is 2.29. The van der Waals surface area contributed by atoms with Gasteiger partial charge >= 0.3 is 0 Å². The topological polar surface area (TPSA) is 90.5 Å². The molecule has 1 aliphatic carbocycles. The van der Waals surface area contributed by atoms with Crippen LogP contribution >= 0.6 is 0 Å². The minimum atomic E-state index is -0.211. The number of amides is 1. The molecule has 7 heteroatoms. The number of Topliss-reactive ketones (excluding diaryl/α,β-unsaturated/α-hetero) is 1. The number of methoxy groups -OCH3 is 1. The quantitative estimate of drug-likeness (QED) is 0.818. The summed E-state index contributed by atoms with van der Waals surface area (Å²) in [6.07, 6.45) is 5.12. The Balaban J connectivity index is 1.51. The molecule has 7 nitrogen and oxygen atoms in total. The molecule has 1 aromatic heterocycles. The van der Waals surface area contributed by atoms with E-state index >= 15 is 0 Å². The largest absolute Gasteiger partial charge is 0.497 e. The van der Waals surface area contributed by atoms with Crippen molar-refractivity contribution in [3.63, 3.8) is 0 Å². The molecule has 1 amide bonds. The molecule has 2 aliphatic rings. The number of nitrogen functional groups attached to an aromatic ring is 1. The lowest BCUT2D eigenvalue weighted by molar-refractivity contribution is -0.133. The number of nitrogens with zero attached hydrogens (tertiary/aromatic N) is 3. The average Bonchev–Trinajstić information content (AvgIpc) is 3.49. The number of nitrogens with two attached hydrogens (primary N) is 1. The lowest BCUT2D eigenvalue weighted by atomic mass is 9.90. The third-order valence-corrected chi connectivity index (χ3v) is 5.42. The summed E-state index contributed by atoms with van der Waals surface area (Å²) in [5.41, 5.74) is 7.43. The van der Waals surface area contributed by atoms with Crippen LogP contribution < -0.4 is 10.5 Å². The zero-order valence-electron chi connectivity index (χ0n) is 15.4. The Morgan fingerprint density at radius 2 is 1.89 bits per heavy atom. The number of carbonyl (C=O) groups excluding carboxylic acids is 2. The number of hydrogen-bond donors (Lipinski definition) is 1. The van der Waals surface area contributed by atoms with E-state index in [9.17, 15) is 9.59 Å². The normalized spacial score (nSPS) is 19.7. The van der Waals surface area contributed by atoms with E-state index < -0.39 is 0 Å². The number of carbonyl (C=O) groups is 2. The molecule has 1 saturated carbocycles. The fourth-order valence-electron chi connectivity index (χ4n) is 3.68. The van der Waals surface area contributed by atoms with Crippen molar-refractivity contribution in [2.24, 2.45) is 11.8 Å². The van der Waals surface area contributed by atoms with Gasteiger partial charge in [0.25, 0.3) is 0 Å². The highest BCUT2D eigenvalue weighted by Crippen LogP contribution is 2.33. The Labute approximate surface area is 158 Å². The van der Waals surface area contributed by atoms with Gasteiger partial charge in [0.05, 0.1) is 24.6 Å². The number of likely N-dealkylation sites (tertiary alicyclic amines) is 1. The molecule has 0 spiro atoms. The van der Waals surface area contributed by atoms with Crippen LogP contribution in [-0.2, 0) is 4.79 Å². The fraction of sp³-hybridized carbons (Fsp3) is 0.450. The van der Waals surface area contributed by atoms with Gasteiger partial charge in [-0.15, -0.1) is 0 Å². The zero-order valence-corrected chi connectivity index (χ0v) is 15.4. The first-order valence-corrected chi connectivity index (χ1v) is 9.39. The van der Waals surface area contributed by atoms with Crippen LogP contribution in [0.2, 0.25) is 0 Å². The molecule has 1 unspecified atom stereocenters. The SMILES string of the molecule is COc1ccc(-n2ncc(C(=O)C3CCCN(C(=O)C4CC4)C3)c2N)cc1. The highest BCUT2D eigenvalue weighted by atomic mass is 16.5. The van der Waals surface area contributed by atoms with Crippen molar-refractivity contribution in [3.8, 4) is 11.4 Å². The monoisotopic (exact) mass is 368 g/mol.